The smallest absolute Gasteiger partial charge is 0.329 e. The summed E-state index contributed by atoms with van der Waals surface area (Å²) in [4.78, 5) is 36.7. The second-order valence-corrected chi connectivity index (χ2v) is 7.83. The molecule has 3 aromatic carbocycles. The number of nitrogens with one attached hydrogen (secondary N) is 3. The van der Waals surface area contributed by atoms with Gasteiger partial charge in [-0.25, -0.2) is 5.43 Å². The molecule has 186 valence electrons. The van der Waals surface area contributed by atoms with Gasteiger partial charge in [0.05, 0.1) is 13.3 Å². The van der Waals surface area contributed by atoms with Gasteiger partial charge in [-0.3, -0.25) is 14.4 Å². The Morgan fingerprint density at radius 1 is 0.917 bits per heavy atom. The van der Waals surface area contributed by atoms with Crippen LogP contribution in [0.25, 0.3) is 0 Å². The second kappa shape index (κ2) is 12.7. The molecule has 3 amide bonds. The molecule has 0 saturated carbocycles. The lowest BCUT2D eigenvalue weighted by molar-refractivity contribution is -0.136. The number of carbonyl (C=O) groups excluding carboxylic acids is 3. The molecular weight excluding hydrogens is 460 g/mol. The number of carbonyl (C=O) groups is 3. The first kappa shape index (κ1) is 26.0. The molecule has 36 heavy (non-hydrogen) atoms. The molecule has 0 spiro atoms. The van der Waals surface area contributed by atoms with Crippen molar-refractivity contribution in [2.24, 2.45) is 5.10 Å². The topological polar surface area (TPSA) is 118 Å². The van der Waals surface area contributed by atoms with Crippen molar-refractivity contribution in [2.75, 3.05) is 19.0 Å². The van der Waals surface area contributed by atoms with Crippen LogP contribution in [0.2, 0.25) is 0 Å². The fourth-order valence-electron chi connectivity index (χ4n) is 3.21. The van der Waals surface area contributed by atoms with Crippen molar-refractivity contribution in [3.63, 3.8) is 0 Å². The summed E-state index contributed by atoms with van der Waals surface area (Å²) in [7, 11) is 1.47. The van der Waals surface area contributed by atoms with Crippen molar-refractivity contribution in [1.82, 2.24) is 10.7 Å². The van der Waals surface area contributed by atoms with Gasteiger partial charge in [0.15, 0.2) is 18.1 Å². The quantitative estimate of drug-likeness (QED) is 0.243. The number of anilines is 1. The normalized spacial score (nSPS) is 10.5. The number of hydrogen-bond donors (Lipinski definition) is 3. The monoisotopic (exact) mass is 488 g/mol. The largest absolute Gasteiger partial charge is 0.493 e. The molecule has 0 saturated heterocycles. The summed E-state index contributed by atoms with van der Waals surface area (Å²) in [6.45, 7) is 3.89. The highest BCUT2D eigenvalue weighted by atomic mass is 16.5. The third kappa shape index (κ3) is 7.17. The van der Waals surface area contributed by atoms with E-state index in [1.165, 1.54) is 13.3 Å². The first-order valence-electron chi connectivity index (χ1n) is 11.2. The van der Waals surface area contributed by atoms with Crippen LogP contribution in [-0.4, -0.2) is 37.7 Å². The van der Waals surface area contributed by atoms with Crippen molar-refractivity contribution in [1.29, 1.82) is 0 Å². The zero-order valence-corrected chi connectivity index (χ0v) is 20.3. The van der Waals surface area contributed by atoms with Gasteiger partial charge in [0.2, 0.25) is 0 Å². The van der Waals surface area contributed by atoms with Gasteiger partial charge >= 0.3 is 11.8 Å². The number of aryl methyl sites for hydroxylation is 1. The summed E-state index contributed by atoms with van der Waals surface area (Å²) in [6.07, 6.45) is 1.31. The zero-order chi connectivity index (χ0) is 25.9. The Labute approximate surface area is 209 Å². The molecule has 0 radical (unpaired) electrons. The number of methoxy groups -OCH3 is 1. The highest BCUT2D eigenvalue weighted by Crippen LogP contribution is 2.30. The minimum atomic E-state index is -0.933. The molecule has 0 fully saturated rings. The molecule has 0 unspecified atom stereocenters. The van der Waals surface area contributed by atoms with E-state index in [9.17, 15) is 14.4 Å². The fraction of sp³-hybridized carbons (Fsp3) is 0.185. The first-order valence-corrected chi connectivity index (χ1v) is 11.2. The maximum atomic E-state index is 12.3. The van der Waals surface area contributed by atoms with Gasteiger partial charge in [0, 0.05) is 17.8 Å². The Morgan fingerprint density at radius 3 is 2.42 bits per heavy atom. The predicted octanol–water partition coefficient (Wildman–Crippen LogP) is 3.10. The summed E-state index contributed by atoms with van der Waals surface area (Å²) in [5, 5.41) is 9.22. The number of ether oxygens (including phenoxy) is 2. The van der Waals surface area contributed by atoms with Crippen LogP contribution in [0.5, 0.6) is 11.5 Å². The highest BCUT2D eigenvalue weighted by Gasteiger charge is 2.15. The standard InChI is InChI=1S/C27H28N4O5/c1-18-9-7-13-22(19(18)2)30-26(33)27(34)31-29-16-21-12-8-14-23(35-3)25(21)36-17-24(32)28-15-20-10-5-4-6-11-20/h4-14,16H,15,17H2,1-3H3,(H,28,32)(H,30,33)(H,31,34)/b29-16-. The predicted molar refractivity (Wildman–Crippen MR) is 137 cm³/mol. The number of benzene rings is 3. The molecule has 3 N–H and O–H groups in total. The molecule has 3 rings (SSSR count). The minimum Gasteiger partial charge on any atom is -0.493 e. The van der Waals surface area contributed by atoms with Crippen molar-refractivity contribution in [2.45, 2.75) is 20.4 Å². The minimum absolute atomic E-state index is 0.251. The fourth-order valence-corrected chi connectivity index (χ4v) is 3.21. The molecule has 0 bridgehead atoms. The van der Waals surface area contributed by atoms with Gasteiger partial charge in [-0.1, -0.05) is 48.5 Å². The van der Waals surface area contributed by atoms with E-state index in [0.29, 0.717) is 23.5 Å². The van der Waals surface area contributed by atoms with Gasteiger partial charge < -0.3 is 20.1 Å². The first-order chi connectivity index (χ1) is 17.4. The number of amides is 3. The molecule has 9 nitrogen and oxygen atoms in total. The second-order valence-electron chi connectivity index (χ2n) is 7.83. The number of para-hydroxylation sites is 1. The van der Waals surface area contributed by atoms with E-state index < -0.39 is 11.8 Å². The van der Waals surface area contributed by atoms with Crippen LogP contribution in [-0.2, 0) is 20.9 Å². The highest BCUT2D eigenvalue weighted by molar-refractivity contribution is 6.39. The Hall–Kier alpha value is -4.66. The van der Waals surface area contributed by atoms with Crippen LogP contribution in [0.1, 0.15) is 22.3 Å². The number of nitrogens with zero attached hydrogens (tertiary/aromatic N) is 1. The molecule has 0 aromatic heterocycles. The van der Waals surface area contributed by atoms with Gasteiger partial charge in [-0.2, -0.15) is 5.10 Å². The van der Waals surface area contributed by atoms with Gasteiger partial charge in [0.1, 0.15) is 0 Å². The van der Waals surface area contributed by atoms with Crippen LogP contribution in [0.4, 0.5) is 5.69 Å². The van der Waals surface area contributed by atoms with Gasteiger partial charge in [-0.15, -0.1) is 0 Å². The molecule has 0 aliphatic heterocycles. The SMILES string of the molecule is COc1cccc(/C=N\NC(=O)C(=O)Nc2cccc(C)c2C)c1OCC(=O)NCc1ccccc1. The van der Waals surface area contributed by atoms with Gasteiger partial charge in [-0.05, 0) is 48.7 Å². The lowest BCUT2D eigenvalue weighted by Gasteiger charge is -2.13. The lowest BCUT2D eigenvalue weighted by atomic mass is 10.1. The van der Waals surface area contributed by atoms with Crippen molar-refractivity contribution >= 4 is 29.6 Å². The van der Waals surface area contributed by atoms with E-state index in [2.05, 4.69) is 21.2 Å². The molecule has 9 heteroatoms. The Bertz CT molecular complexity index is 1260. The molecule has 3 aromatic rings. The molecule has 0 aliphatic rings. The summed E-state index contributed by atoms with van der Waals surface area (Å²) in [5.74, 6) is -1.44. The van der Waals surface area contributed by atoms with E-state index in [1.807, 2.05) is 50.2 Å². The third-order valence-electron chi connectivity index (χ3n) is 5.34. The maximum Gasteiger partial charge on any atom is 0.329 e. The Balaban J connectivity index is 1.59. The summed E-state index contributed by atoms with van der Waals surface area (Å²) in [5.41, 5.74) is 6.02. The van der Waals surface area contributed by atoms with E-state index in [-0.39, 0.29) is 18.3 Å². The number of hydrogen-bond acceptors (Lipinski definition) is 6. The average molecular weight is 489 g/mol. The van der Waals surface area contributed by atoms with E-state index in [4.69, 9.17) is 9.47 Å². The average Bonchev–Trinajstić information content (AvgIpc) is 2.89. The van der Waals surface area contributed by atoms with Crippen LogP contribution in [0, 0.1) is 13.8 Å². The maximum absolute atomic E-state index is 12.3. The van der Waals surface area contributed by atoms with E-state index >= 15 is 0 Å². The number of rotatable bonds is 9. The number of hydrazone groups is 1. The van der Waals surface area contributed by atoms with Crippen LogP contribution in [0.3, 0.4) is 0 Å². The van der Waals surface area contributed by atoms with Crippen LogP contribution < -0.4 is 25.5 Å². The summed E-state index contributed by atoms with van der Waals surface area (Å²) < 4.78 is 11.0. The van der Waals surface area contributed by atoms with Crippen LogP contribution in [0.15, 0.2) is 71.8 Å². The van der Waals surface area contributed by atoms with Gasteiger partial charge in [0.25, 0.3) is 5.91 Å². The van der Waals surface area contributed by atoms with Crippen molar-refractivity contribution in [3.8, 4) is 11.5 Å². The summed E-state index contributed by atoms with van der Waals surface area (Å²) in [6, 6.07) is 20.0. The lowest BCUT2D eigenvalue weighted by Crippen LogP contribution is -2.32. The molecule has 0 aliphatic carbocycles. The third-order valence-corrected chi connectivity index (χ3v) is 5.34. The molecule has 0 atom stereocenters. The molecular formula is C27H28N4O5. The Kier molecular flexibility index (Phi) is 9.16. The Morgan fingerprint density at radius 2 is 1.67 bits per heavy atom. The molecule has 0 heterocycles. The van der Waals surface area contributed by atoms with Crippen LogP contribution >= 0.6 is 0 Å². The van der Waals surface area contributed by atoms with E-state index in [0.717, 1.165) is 16.7 Å². The van der Waals surface area contributed by atoms with Crippen molar-refractivity contribution in [3.05, 3.63) is 89.0 Å². The summed E-state index contributed by atoms with van der Waals surface area (Å²) >= 11 is 0. The van der Waals surface area contributed by atoms with E-state index in [1.54, 1.807) is 30.3 Å². The van der Waals surface area contributed by atoms with Crippen molar-refractivity contribution < 1.29 is 23.9 Å². The zero-order valence-electron chi connectivity index (χ0n) is 20.3.